The summed E-state index contributed by atoms with van der Waals surface area (Å²) in [6.45, 7) is 3.59. The number of halogens is 2. The number of benzene rings is 1. The Bertz CT molecular complexity index is 459. The molecular formula is C14H17BrFNO2. The molecule has 1 N–H and O–H groups in total. The maximum atomic E-state index is 14.1. The van der Waals surface area contributed by atoms with E-state index in [2.05, 4.69) is 21.2 Å². The van der Waals surface area contributed by atoms with Crippen LogP contribution in [0.5, 0.6) is 0 Å². The quantitative estimate of drug-likeness (QED) is 0.922. The minimum absolute atomic E-state index is 0.135. The summed E-state index contributed by atoms with van der Waals surface area (Å²) in [6.07, 6.45) is 0.934. The fourth-order valence-electron chi connectivity index (χ4n) is 2.82. The van der Waals surface area contributed by atoms with Gasteiger partial charge in [0.1, 0.15) is 5.82 Å². The van der Waals surface area contributed by atoms with Crippen LogP contribution in [0.3, 0.4) is 0 Å². The molecule has 2 aliphatic rings. The number of hydrogen-bond acceptors (Lipinski definition) is 3. The van der Waals surface area contributed by atoms with Crippen molar-refractivity contribution in [2.45, 2.75) is 17.9 Å². The Balaban J connectivity index is 1.83. The molecule has 3 nitrogen and oxygen atoms in total. The predicted octanol–water partition coefficient (Wildman–Crippen LogP) is 2.23. The minimum Gasteiger partial charge on any atom is -0.379 e. The Hall–Kier alpha value is -0.490. The summed E-state index contributed by atoms with van der Waals surface area (Å²) in [5, 5.41) is 3.31. The molecule has 0 bridgehead atoms. The molecule has 2 saturated heterocycles. The molecule has 2 aliphatic heterocycles. The fraction of sp³-hybridized carbons (Fsp3) is 0.571. The van der Waals surface area contributed by atoms with Gasteiger partial charge in [-0.2, -0.15) is 0 Å². The molecule has 2 fully saturated rings. The smallest absolute Gasteiger partial charge is 0.127 e. The van der Waals surface area contributed by atoms with Crippen LogP contribution in [0.25, 0.3) is 0 Å². The Morgan fingerprint density at radius 1 is 1.42 bits per heavy atom. The van der Waals surface area contributed by atoms with Crippen molar-refractivity contribution in [1.82, 2.24) is 5.32 Å². The van der Waals surface area contributed by atoms with Crippen LogP contribution in [0, 0.1) is 5.82 Å². The van der Waals surface area contributed by atoms with Crippen molar-refractivity contribution in [3.8, 4) is 0 Å². The SMILES string of the molecule is Fc1ccc(Br)cc1C1(CC2CNCCO2)COC1. The predicted molar refractivity (Wildman–Crippen MR) is 73.8 cm³/mol. The molecule has 0 spiro atoms. The van der Waals surface area contributed by atoms with Gasteiger partial charge in [0.25, 0.3) is 0 Å². The second-order valence-electron chi connectivity index (χ2n) is 5.30. The molecule has 104 valence electrons. The summed E-state index contributed by atoms with van der Waals surface area (Å²) in [5.41, 5.74) is 0.500. The van der Waals surface area contributed by atoms with Crippen LogP contribution in [-0.2, 0) is 14.9 Å². The lowest BCUT2D eigenvalue weighted by Gasteiger charge is -2.44. The molecule has 1 aromatic carbocycles. The first-order chi connectivity index (χ1) is 9.20. The molecule has 19 heavy (non-hydrogen) atoms. The number of rotatable bonds is 3. The van der Waals surface area contributed by atoms with E-state index in [0.717, 1.165) is 36.2 Å². The number of morpholine rings is 1. The van der Waals surface area contributed by atoms with Gasteiger partial charge in [0.05, 0.1) is 25.9 Å². The highest BCUT2D eigenvalue weighted by Gasteiger charge is 2.44. The van der Waals surface area contributed by atoms with Crippen LogP contribution >= 0.6 is 15.9 Å². The lowest BCUT2D eigenvalue weighted by molar-refractivity contribution is -0.0954. The van der Waals surface area contributed by atoms with E-state index in [9.17, 15) is 4.39 Å². The second-order valence-corrected chi connectivity index (χ2v) is 6.21. The monoisotopic (exact) mass is 329 g/mol. The average Bonchev–Trinajstić information content (AvgIpc) is 2.38. The van der Waals surface area contributed by atoms with Crippen molar-refractivity contribution < 1.29 is 13.9 Å². The molecule has 0 amide bonds. The van der Waals surface area contributed by atoms with E-state index < -0.39 is 0 Å². The fourth-order valence-corrected chi connectivity index (χ4v) is 3.18. The van der Waals surface area contributed by atoms with Crippen LogP contribution < -0.4 is 5.32 Å². The van der Waals surface area contributed by atoms with Gasteiger partial charge in [0.15, 0.2) is 0 Å². The first-order valence-electron chi connectivity index (χ1n) is 6.55. The maximum Gasteiger partial charge on any atom is 0.127 e. The highest BCUT2D eigenvalue weighted by atomic mass is 79.9. The summed E-state index contributed by atoms with van der Waals surface area (Å²) in [6, 6.07) is 5.11. The van der Waals surface area contributed by atoms with Crippen molar-refractivity contribution in [1.29, 1.82) is 0 Å². The normalized spacial score (nSPS) is 25.9. The molecule has 0 aliphatic carbocycles. The van der Waals surface area contributed by atoms with Crippen LogP contribution in [0.1, 0.15) is 12.0 Å². The maximum absolute atomic E-state index is 14.1. The zero-order chi connectivity index (χ0) is 13.3. The minimum atomic E-state index is -0.239. The largest absolute Gasteiger partial charge is 0.379 e. The van der Waals surface area contributed by atoms with Gasteiger partial charge in [-0.05, 0) is 30.2 Å². The van der Waals surface area contributed by atoms with Gasteiger partial charge in [-0.25, -0.2) is 4.39 Å². The van der Waals surface area contributed by atoms with E-state index >= 15 is 0 Å². The van der Waals surface area contributed by atoms with Crippen molar-refractivity contribution in [3.63, 3.8) is 0 Å². The Morgan fingerprint density at radius 2 is 2.26 bits per heavy atom. The highest BCUT2D eigenvalue weighted by molar-refractivity contribution is 9.10. The van der Waals surface area contributed by atoms with E-state index in [4.69, 9.17) is 9.47 Å². The van der Waals surface area contributed by atoms with Crippen molar-refractivity contribution in [2.24, 2.45) is 0 Å². The summed E-state index contributed by atoms with van der Waals surface area (Å²) >= 11 is 3.42. The van der Waals surface area contributed by atoms with E-state index in [1.807, 2.05) is 6.07 Å². The van der Waals surface area contributed by atoms with Gasteiger partial charge in [-0.15, -0.1) is 0 Å². The van der Waals surface area contributed by atoms with E-state index in [0.29, 0.717) is 13.2 Å². The molecule has 1 atom stereocenters. The van der Waals surface area contributed by atoms with Crippen molar-refractivity contribution >= 4 is 15.9 Å². The molecular weight excluding hydrogens is 313 g/mol. The first kappa shape index (κ1) is 13.5. The van der Waals surface area contributed by atoms with E-state index in [1.54, 1.807) is 6.07 Å². The number of ether oxygens (including phenoxy) is 2. The molecule has 1 aromatic rings. The standard InChI is InChI=1S/C14H17BrFNO2/c15-10-1-2-13(16)12(5-10)14(8-18-9-14)6-11-7-17-3-4-19-11/h1-2,5,11,17H,3-4,6-9H2. The molecule has 0 radical (unpaired) electrons. The summed E-state index contributed by atoms with van der Waals surface area (Å²) < 4.78 is 26.1. The van der Waals surface area contributed by atoms with E-state index in [1.165, 1.54) is 6.07 Å². The zero-order valence-corrected chi connectivity index (χ0v) is 12.2. The summed E-state index contributed by atoms with van der Waals surface area (Å²) in [4.78, 5) is 0. The van der Waals surface area contributed by atoms with Crippen LogP contribution in [0.15, 0.2) is 22.7 Å². The van der Waals surface area contributed by atoms with Gasteiger partial charge in [-0.3, -0.25) is 0 Å². The van der Waals surface area contributed by atoms with Gasteiger partial charge < -0.3 is 14.8 Å². The first-order valence-corrected chi connectivity index (χ1v) is 7.34. The van der Waals surface area contributed by atoms with Crippen molar-refractivity contribution in [2.75, 3.05) is 32.9 Å². The molecule has 0 saturated carbocycles. The second kappa shape index (κ2) is 5.48. The van der Waals surface area contributed by atoms with Gasteiger partial charge in [-0.1, -0.05) is 15.9 Å². The molecule has 1 unspecified atom stereocenters. The van der Waals surface area contributed by atoms with Crippen LogP contribution in [0.4, 0.5) is 4.39 Å². The average molecular weight is 330 g/mol. The summed E-state index contributed by atoms with van der Waals surface area (Å²) in [7, 11) is 0. The Labute approximate surface area is 120 Å². The van der Waals surface area contributed by atoms with E-state index in [-0.39, 0.29) is 17.3 Å². The topological polar surface area (TPSA) is 30.5 Å². The third-order valence-electron chi connectivity index (χ3n) is 3.88. The third kappa shape index (κ3) is 2.70. The molecule has 5 heteroatoms. The van der Waals surface area contributed by atoms with Gasteiger partial charge in [0.2, 0.25) is 0 Å². The van der Waals surface area contributed by atoms with Crippen molar-refractivity contribution in [3.05, 3.63) is 34.1 Å². The summed E-state index contributed by atoms with van der Waals surface area (Å²) in [5.74, 6) is -0.157. The van der Waals surface area contributed by atoms with Gasteiger partial charge in [0, 0.05) is 23.0 Å². The zero-order valence-electron chi connectivity index (χ0n) is 10.6. The van der Waals surface area contributed by atoms with Crippen LogP contribution in [-0.4, -0.2) is 39.0 Å². The number of nitrogens with one attached hydrogen (secondary N) is 1. The molecule has 0 aromatic heterocycles. The Morgan fingerprint density at radius 3 is 2.89 bits per heavy atom. The van der Waals surface area contributed by atoms with Gasteiger partial charge >= 0.3 is 0 Å². The third-order valence-corrected chi connectivity index (χ3v) is 4.37. The lowest BCUT2D eigenvalue weighted by atomic mass is 9.74. The van der Waals surface area contributed by atoms with Crippen LogP contribution in [0.2, 0.25) is 0 Å². The molecule has 2 heterocycles. The Kier molecular flexibility index (Phi) is 3.89. The highest BCUT2D eigenvalue weighted by Crippen LogP contribution is 2.39. The molecule has 3 rings (SSSR count). The number of hydrogen-bond donors (Lipinski definition) is 1. The lowest BCUT2D eigenvalue weighted by Crippen LogP contribution is -2.52.